The first kappa shape index (κ1) is 32.2. The molecule has 1 aromatic heterocycles. The average Bonchev–Trinajstić information content (AvgIpc) is 3.00. The molecular formula is C30H48N10O3. The van der Waals surface area contributed by atoms with E-state index in [2.05, 4.69) is 42.8 Å². The number of nitrogens with two attached hydrogens (primary N) is 2. The van der Waals surface area contributed by atoms with Crippen molar-refractivity contribution in [1.82, 2.24) is 30.0 Å². The molecule has 3 aliphatic rings. The van der Waals surface area contributed by atoms with Gasteiger partial charge in [0.1, 0.15) is 0 Å². The van der Waals surface area contributed by atoms with E-state index in [1.165, 1.54) is 36.7 Å². The number of anilines is 2. The van der Waals surface area contributed by atoms with Crippen LogP contribution in [0.25, 0.3) is 0 Å². The molecule has 2 fully saturated rings. The lowest BCUT2D eigenvalue weighted by Crippen LogP contribution is -2.45. The number of rotatable bonds is 10. The number of ether oxygens (including phenoxy) is 1. The van der Waals surface area contributed by atoms with Gasteiger partial charge in [-0.15, -0.1) is 0 Å². The quantitative estimate of drug-likeness (QED) is 0.132. The first-order chi connectivity index (χ1) is 20.8. The van der Waals surface area contributed by atoms with Crippen LogP contribution in [0, 0.1) is 0 Å². The number of aromatic nitrogens is 2. The number of carbonyl (C=O) groups is 1. The van der Waals surface area contributed by atoms with Crippen molar-refractivity contribution in [2.75, 3.05) is 64.7 Å². The number of carbonyl (C=O) groups excluding carboxylic acids is 1. The number of hydrogen-bond donors (Lipinski definition) is 5. The molecule has 0 bridgehead atoms. The van der Waals surface area contributed by atoms with Gasteiger partial charge in [-0.05, 0) is 64.0 Å². The normalized spacial score (nSPS) is 16.9. The highest BCUT2D eigenvalue weighted by Gasteiger charge is 2.21. The van der Waals surface area contributed by atoms with Gasteiger partial charge >= 0.3 is 5.69 Å². The Balaban J connectivity index is 0.000000255. The van der Waals surface area contributed by atoms with E-state index in [0.717, 1.165) is 64.7 Å². The van der Waals surface area contributed by atoms with E-state index < -0.39 is 0 Å². The molecule has 236 valence electrons. The van der Waals surface area contributed by atoms with E-state index in [4.69, 9.17) is 16.2 Å². The Hall–Kier alpha value is -3.68. The molecule has 5 rings (SSSR count). The lowest BCUT2D eigenvalue weighted by Gasteiger charge is -2.32. The summed E-state index contributed by atoms with van der Waals surface area (Å²) in [4.78, 5) is 36.9. The number of benzene rings is 1. The molecule has 0 unspecified atom stereocenters. The second kappa shape index (κ2) is 16.2. The van der Waals surface area contributed by atoms with Crippen LogP contribution in [0.2, 0.25) is 0 Å². The number of likely N-dealkylation sites (N-methyl/N-ethyl adjacent to an activating group) is 1. The molecule has 13 heteroatoms. The van der Waals surface area contributed by atoms with Crippen LogP contribution in [0.5, 0.6) is 11.5 Å². The Morgan fingerprint density at radius 3 is 2.58 bits per heavy atom. The second-order valence-electron chi connectivity index (χ2n) is 11.5. The smallest absolute Gasteiger partial charge is 0.349 e. The molecule has 2 aliphatic heterocycles. The van der Waals surface area contributed by atoms with Gasteiger partial charge in [-0.1, -0.05) is 19.3 Å². The van der Waals surface area contributed by atoms with Gasteiger partial charge in [0.25, 0.3) is 5.91 Å². The predicted octanol–water partition coefficient (Wildman–Crippen LogP) is 1.57. The Bertz CT molecular complexity index is 1280. The van der Waals surface area contributed by atoms with Crippen molar-refractivity contribution in [3.63, 3.8) is 0 Å². The zero-order valence-corrected chi connectivity index (χ0v) is 25.6. The van der Waals surface area contributed by atoms with Gasteiger partial charge in [-0.2, -0.15) is 4.98 Å². The Morgan fingerprint density at radius 2 is 1.84 bits per heavy atom. The van der Waals surface area contributed by atoms with Crippen LogP contribution in [0.1, 0.15) is 55.3 Å². The van der Waals surface area contributed by atoms with Gasteiger partial charge < -0.3 is 42.0 Å². The van der Waals surface area contributed by atoms with E-state index >= 15 is 0 Å². The first-order valence-corrected chi connectivity index (χ1v) is 15.4. The van der Waals surface area contributed by atoms with Crippen molar-refractivity contribution in [3.8, 4) is 11.5 Å². The molecule has 1 amide bonds. The van der Waals surface area contributed by atoms with E-state index in [1.54, 1.807) is 31.4 Å². The number of nitrogens with zero attached hydrogens (tertiary/aromatic N) is 5. The number of nitrogens with one attached hydrogen (secondary N) is 3. The van der Waals surface area contributed by atoms with Gasteiger partial charge in [-0.25, -0.2) is 4.79 Å². The largest absolute Gasteiger partial charge is 0.450 e. The highest BCUT2D eigenvalue weighted by atomic mass is 16.5. The molecule has 13 nitrogen and oxygen atoms in total. The Morgan fingerprint density at radius 1 is 1.07 bits per heavy atom. The maximum absolute atomic E-state index is 12.5. The standard InChI is InChI=1S/C20H26N6O3.C10H22N4/c1-24-8-10-26(11-9-24)7-3-6-21-19(27)14-4-5-16-15(12-14)22-18-17(29-16)13-25(2)20(28)23-18;11-10(12)14-8-4-7-13-9-5-2-1-3-6-9/h4-5,12-13H,3,6-11H2,1-2H3,(H,21,27)(H,22,23,28);9,13H,1-8H2,(H4,11,12,14). The molecule has 0 atom stereocenters. The summed E-state index contributed by atoms with van der Waals surface area (Å²) < 4.78 is 7.15. The molecule has 1 saturated heterocycles. The topological polar surface area (TPSA) is 168 Å². The zero-order chi connectivity index (χ0) is 30.6. The minimum absolute atomic E-state index is 0.129. The van der Waals surface area contributed by atoms with Gasteiger partial charge in [0, 0.05) is 57.9 Å². The maximum atomic E-state index is 12.5. The number of amides is 1. The van der Waals surface area contributed by atoms with Crippen molar-refractivity contribution in [2.24, 2.45) is 23.5 Å². The number of aryl methyl sites for hydroxylation is 1. The monoisotopic (exact) mass is 596 g/mol. The van der Waals surface area contributed by atoms with Crippen LogP contribution in [0.15, 0.2) is 34.2 Å². The number of fused-ring (bicyclic) bond motifs is 2. The summed E-state index contributed by atoms with van der Waals surface area (Å²) in [6.45, 7) is 7.75. The van der Waals surface area contributed by atoms with Gasteiger partial charge in [-0.3, -0.25) is 14.4 Å². The van der Waals surface area contributed by atoms with Crippen molar-refractivity contribution in [2.45, 2.75) is 51.0 Å². The molecule has 0 radical (unpaired) electrons. The summed E-state index contributed by atoms with van der Waals surface area (Å²) in [5.41, 5.74) is 11.2. The summed E-state index contributed by atoms with van der Waals surface area (Å²) in [5, 5.41) is 9.60. The van der Waals surface area contributed by atoms with Crippen LogP contribution in [-0.4, -0.2) is 96.7 Å². The molecule has 1 aromatic carbocycles. The fraction of sp³-hybridized carbons (Fsp3) is 0.600. The SMILES string of the molecule is CN1CCN(CCCNC(=O)c2ccc3c(c2)Nc2nc(=O)n(C)cc2O3)CC1.NC(N)=NCCCNC1CCCCC1. The molecular weight excluding hydrogens is 548 g/mol. The Labute approximate surface area is 254 Å². The second-order valence-corrected chi connectivity index (χ2v) is 11.5. The third-order valence-electron chi connectivity index (χ3n) is 7.97. The van der Waals surface area contributed by atoms with E-state index in [1.807, 2.05) is 0 Å². The molecule has 0 spiro atoms. The zero-order valence-electron chi connectivity index (χ0n) is 25.6. The van der Waals surface area contributed by atoms with Crippen molar-refractivity contribution >= 4 is 23.4 Å². The summed E-state index contributed by atoms with van der Waals surface area (Å²) in [5.74, 6) is 1.48. The minimum atomic E-state index is -0.377. The summed E-state index contributed by atoms with van der Waals surface area (Å²) in [6.07, 6.45) is 10.4. The summed E-state index contributed by atoms with van der Waals surface area (Å²) >= 11 is 0. The van der Waals surface area contributed by atoms with E-state index in [0.29, 0.717) is 35.1 Å². The van der Waals surface area contributed by atoms with Crippen LogP contribution in [-0.2, 0) is 7.05 Å². The highest BCUT2D eigenvalue weighted by molar-refractivity contribution is 5.96. The number of aliphatic imine (C=N–C) groups is 1. The lowest BCUT2D eigenvalue weighted by molar-refractivity contribution is 0.0949. The lowest BCUT2D eigenvalue weighted by atomic mass is 9.95. The molecule has 1 aliphatic carbocycles. The highest BCUT2D eigenvalue weighted by Crippen LogP contribution is 2.40. The van der Waals surface area contributed by atoms with E-state index in [-0.39, 0.29) is 17.6 Å². The molecule has 3 heterocycles. The van der Waals surface area contributed by atoms with Crippen LogP contribution in [0.3, 0.4) is 0 Å². The van der Waals surface area contributed by atoms with Crippen LogP contribution >= 0.6 is 0 Å². The molecule has 43 heavy (non-hydrogen) atoms. The summed E-state index contributed by atoms with van der Waals surface area (Å²) in [7, 11) is 3.76. The fourth-order valence-corrected chi connectivity index (χ4v) is 5.37. The van der Waals surface area contributed by atoms with Gasteiger partial charge in [0.15, 0.2) is 23.3 Å². The third kappa shape index (κ3) is 10.2. The van der Waals surface area contributed by atoms with Gasteiger partial charge in [0.2, 0.25) is 0 Å². The minimum Gasteiger partial charge on any atom is -0.450 e. The molecule has 1 saturated carbocycles. The van der Waals surface area contributed by atoms with Gasteiger partial charge in [0.05, 0.1) is 11.9 Å². The summed E-state index contributed by atoms with van der Waals surface area (Å²) in [6, 6.07) is 5.93. The first-order valence-electron chi connectivity index (χ1n) is 15.4. The number of guanidine groups is 1. The van der Waals surface area contributed by atoms with Crippen molar-refractivity contribution < 1.29 is 9.53 Å². The Kier molecular flexibility index (Phi) is 12.2. The predicted molar refractivity (Wildman–Crippen MR) is 170 cm³/mol. The van der Waals surface area contributed by atoms with Crippen molar-refractivity contribution in [1.29, 1.82) is 0 Å². The van der Waals surface area contributed by atoms with Crippen LogP contribution < -0.4 is 37.8 Å². The number of hydrogen-bond acceptors (Lipinski definition) is 9. The van der Waals surface area contributed by atoms with E-state index in [9.17, 15) is 9.59 Å². The fourth-order valence-electron chi connectivity index (χ4n) is 5.37. The maximum Gasteiger partial charge on any atom is 0.349 e. The van der Waals surface area contributed by atoms with Crippen molar-refractivity contribution in [3.05, 3.63) is 40.4 Å². The molecule has 7 N–H and O–H groups in total. The third-order valence-corrected chi connectivity index (χ3v) is 7.97. The average molecular weight is 597 g/mol. The number of piperazine rings is 1. The molecule has 2 aromatic rings. The van der Waals surface area contributed by atoms with Crippen LogP contribution in [0.4, 0.5) is 11.5 Å².